The van der Waals surface area contributed by atoms with Gasteiger partial charge in [0.15, 0.2) is 11.4 Å². The molecule has 0 fully saturated rings. The number of pyridine rings is 1. The molecule has 0 aliphatic heterocycles. The molecule has 0 spiro atoms. The Hall–Kier alpha value is -4.38. The SMILES string of the molecule is COc1ccnc(C(=O)N[C@@H](C)C(=O)O[C@@H](C)[C@H](Sc2ccccc2)c2ccccc2)c1OC(=O)OC(=O)C(C)C. The second-order valence-electron chi connectivity index (χ2n) is 9.22. The van der Waals surface area contributed by atoms with Crippen LogP contribution in [0.4, 0.5) is 4.79 Å². The van der Waals surface area contributed by atoms with Gasteiger partial charge in [-0.3, -0.25) is 9.59 Å². The Labute approximate surface area is 242 Å². The van der Waals surface area contributed by atoms with Crippen molar-refractivity contribution in [2.75, 3.05) is 7.11 Å². The van der Waals surface area contributed by atoms with E-state index in [4.69, 9.17) is 14.2 Å². The molecule has 1 amide bonds. The number of methoxy groups -OCH3 is 1. The fraction of sp³-hybridized carbons (Fsp3) is 0.300. The second kappa shape index (κ2) is 14.8. The third-order valence-electron chi connectivity index (χ3n) is 5.71. The van der Waals surface area contributed by atoms with Crippen molar-refractivity contribution in [2.24, 2.45) is 5.92 Å². The van der Waals surface area contributed by atoms with Gasteiger partial charge in [-0.15, -0.1) is 11.8 Å². The quantitative estimate of drug-likeness (QED) is 0.179. The first kappa shape index (κ1) is 31.2. The molecule has 2 aromatic carbocycles. The molecule has 216 valence electrons. The highest BCUT2D eigenvalue weighted by molar-refractivity contribution is 7.99. The summed E-state index contributed by atoms with van der Waals surface area (Å²) in [5.74, 6) is -3.28. The van der Waals surface area contributed by atoms with E-state index in [0.29, 0.717) is 0 Å². The Balaban J connectivity index is 1.72. The van der Waals surface area contributed by atoms with E-state index < -0.39 is 42.1 Å². The summed E-state index contributed by atoms with van der Waals surface area (Å²) in [5.41, 5.74) is 0.622. The van der Waals surface area contributed by atoms with Crippen LogP contribution in [0.25, 0.3) is 0 Å². The number of rotatable bonds is 11. The van der Waals surface area contributed by atoms with Crippen molar-refractivity contribution in [3.8, 4) is 11.5 Å². The smallest absolute Gasteiger partial charge is 0.493 e. The van der Waals surface area contributed by atoms with Crippen molar-refractivity contribution < 1.29 is 38.1 Å². The number of amides is 1. The summed E-state index contributed by atoms with van der Waals surface area (Å²) >= 11 is 1.56. The van der Waals surface area contributed by atoms with Crippen molar-refractivity contribution in [3.63, 3.8) is 0 Å². The van der Waals surface area contributed by atoms with E-state index in [-0.39, 0.29) is 22.4 Å². The Morgan fingerprint density at radius 1 is 0.854 bits per heavy atom. The highest BCUT2D eigenvalue weighted by Gasteiger charge is 2.29. The first-order chi connectivity index (χ1) is 19.6. The highest BCUT2D eigenvalue weighted by Crippen LogP contribution is 2.39. The lowest BCUT2D eigenvalue weighted by Crippen LogP contribution is -2.41. The minimum Gasteiger partial charge on any atom is -0.493 e. The molecule has 11 heteroatoms. The summed E-state index contributed by atoms with van der Waals surface area (Å²) in [4.78, 5) is 55.1. The molecule has 41 heavy (non-hydrogen) atoms. The Bertz CT molecular complexity index is 1350. The molecule has 3 rings (SSSR count). The summed E-state index contributed by atoms with van der Waals surface area (Å²) in [7, 11) is 1.30. The summed E-state index contributed by atoms with van der Waals surface area (Å²) in [6, 6.07) is 19.7. The summed E-state index contributed by atoms with van der Waals surface area (Å²) in [6.45, 7) is 6.34. The van der Waals surface area contributed by atoms with Gasteiger partial charge in [-0.1, -0.05) is 62.4 Å². The zero-order valence-electron chi connectivity index (χ0n) is 23.4. The summed E-state index contributed by atoms with van der Waals surface area (Å²) in [6.07, 6.45) is -0.647. The Morgan fingerprint density at radius 2 is 1.49 bits per heavy atom. The van der Waals surface area contributed by atoms with Gasteiger partial charge >= 0.3 is 18.1 Å². The first-order valence-electron chi connectivity index (χ1n) is 12.8. The van der Waals surface area contributed by atoms with E-state index in [1.807, 2.05) is 60.7 Å². The van der Waals surface area contributed by atoms with Gasteiger partial charge in [-0.2, -0.15) is 0 Å². The fourth-order valence-corrected chi connectivity index (χ4v) is 4.70. The number of ether oxygens (including phenoxy) is 4. The van der Waals surface area contributed by atoms with Gasteiger partial charge in [0.05, 0.1) is 18.3 Å². The number of nitrogens with zero attached hydrogens (tertiary/aromatic N) is 1. The number of aromatic nitrogens is 1. The molecule has 3 aromatic rings. The minimum atomic E-state index is -1.35. The molecule has 0 aliphatic carbocycles. The number of carbonyl (C=O) groups is 4. The number of hydrogen-bond acceptors (Lipinski definition) is 10. The van der Waals surface area contributed by atoms with E-state index in [1.165, 1.54) is 26.3 Å². The van der Waals surface area contributed by atoms with Crippen molar-refractivity contribution in [2.45, 2.75) is 50.0 Å². The van der Waals surface area contributed by atoms with Crippen molar-refractivity contribution in [1.82, 2.24) is 10.3 Å². The Kier molecular flexibility index (Phi) is 11.3. The van der Waals surface area contributed by atoms with E-state index in [9.17, 15) is 19.2 Å². The first-order valence-corrected chi connectivity index (χ1v) is 13.7. The van der Waals surface area contributed by atoms with E-state index >= 15 is 0 Å². The monoisotopic (exact) mass is 580 g/mol. The molecule has 0 unspecified atom stereocenters. The lowest BCUT2D eigenvalue weighted by molar-refractivity contribution is -0.150. The fourth-order valence-electron chi connectivity index (χ4n) is 3.55. The predicted molar refractivity (Wildman–Crippen MR) is 152 cm³/mol. The highest BCUT2D eigenvalue weighted by atomic mass is 32.2. The van der Waals surface area contributed by atoms with Crippen LogP contribution in [-0.2, 0) is 19.1 Å². The number of hydrogen-bond donors (Lipinski definition) is 1. The van der Waals surface area contributed by atoms with Gasteiger partial charge in [-0.05, 0) is 31.5 Å². The van der Waals surface area contributed by atoms with Gasteiger partial charge < -0.3 is 24.3 Å². The van der Waals surface area contributed by atoms with Gasteiger partial charge in [-0.25, -0.2) is 14.6 Å². The molecule has 0 saturated heterocycles. The maximum absolute atomic E-state index is 13.1. The molecule has 1 aromatic heterocycles. The van der Waals surface area contributed by atoms with E-state index in [1.54, 1.807) is 32.5 Å². The molecular formula is C30H32N2O8S. The lowest BCUT2D eigenvalue weighted by Gasteiger charge is -2.25. The van der Waals surface area contributed by atoms with Crippen LogP contribution < -0.4 is 14.8 Å². The topological polar surface area (TPSA) is 130 Å². The lowest BCUT2D eigenvalue weighted by atomic mass is 10.1. The molecule has 0 aliphatic rings. The average molecular weight is 581 g/mol. The molecule has 0 saturated carbocycles. The third-order valence-corrected chi connectivity index (χ3v) is 7.16. The minimum absolute atomic E-state index is 0.00779. The maximum Gasteiger partial charge on any atom is 0.521 e. The van der Waals surface area contributed by atoms with Gasteiger partial charge in [0.1, 0.15) is 12.1 Å². The molecule has 1 heterocycles. The van der Waals surface area contributed by atoms with Gasteiger partial charge in [0.2, 0.25) is 5.75 Å². The third kappa shape index (κ3) is 8.81. The number of benzene rings is 2. The van der Waals surface area contributed by atoms with Gasteiger partial charge in [0.25, 0.3) is 5.91 Å². The maximum atomic E-state index is 13.1. The number of carbonyl (C=O) groups excluding carboxylic acids is 4. The molecule has 0 radical (unpaired) electrons. The summed E-state index contributed by atoms with van der Waals surface area (Å²) in [5, 5.41) is 2.30. The number of esters is 2. The van der Waals surface area contributed by atoms with Crippen LogP contribution in [0.15, 0.2) is 77.8 Å². The molecule has 1 N–H and O–H groups in total. The zero-order valence-corrected chi connectivity index (χ0v) is 24.2. The van der Waals surface area contributed by atoms with Crippen molar-refractivity contribution in [3.05, 3.63) is 84.2 Å². The number of thioether (sulfide) groups is 1. The zero-order chi connectivity index (χ0) is 29.9. The van der Waals surface area contributed by atoms with Crippen LogP contribution in [0.2, 0.25) is 0 Å². The molecule has 3 atom stereocenters. The van der Waals surface area contributed by atoms with Crippen LogP contribution in [0, 0.1) is 5.92 Å². The van der Waals surface area contributed by atoms with Gasteiger partial charge in [0, 0.05) is 17.2 Å². The molecular weight excluding hydrogens is 548 g/mol. The van der Waals surface area contributed by atoms with Crippen molar-refractivity contribution >= 4 is 35.8 Å². The van der Waals surface area contributed by atoms with Crippen LogP contribution >= 0.6 is 11.8 Å². The molecule has 10 nitrogen and oxygen atoms in total. The average Bonchev–Trinajstić information content (AvgIpc) is 2.96. The molecule has 0 bridgehead atoms. The Morgan fingerprint density at radius 3 is 2.10 bits per heavy atom. The predicted octanol–water partition coefficient (Wildman–Crippen LogP) is 5.37. The van der Waals surface area contributed by atoms with E-state index in [0.717, 1.165) is 10.5 Å². The summed E-state index contributed by atoms with van der Waals surface area (Å²) < 4.78 is 20.7. The largest absolute Gasteiger partial charge is 0.521 e. The van der Waals surface area contributed by atoms with Crippen LogP contribution in [0.1, 0.15) is 49.0 Å². The van der Waals surface area contributed by atoms with Crippen molar-refractivity contribution in [1.29, 1.82) is 0 Å². The van der Waals surface area contributed by atoms with Crippen LogP contribution in [-0.4, -0.2) is 48.2 Å². The normalized spacial score (nSPS) is 12.9. The standard InChI is InChI=1S/C30H32N2O8S/c1-18(2)28(34)40-30(36)39-25-23(37-5)16-17-31-24(25)27(33)32-19(3)29(35)38-20(4)26(21-12-8-6-9-13-21)41-22-14-10-7-11-15-22/h6-20,26H,1-5H3,(H,32,33)/t19-,20-,26-/m0/s1. The second-order valence-corrected chi connectivity index (χ2v) is 10.4. The number of nitrogens with one attached hydrogen (secondary N) is 1. The van der Waals surface area contributed by atoms with Crippen LogP contribution in [0.5, 0.6) is 11.5 Å². The van der Waals surface area contributed by atoms with Crippen LogP contribution in [0.3, 0.4) is 0 Å². The van der Waals surface area contributed by atoms with E-state index in [2.05, 4.69) is 15.0 Å².